The van der Waals surface area contributed by atoms with E-state index in [1.54, 1.807) is 60.7 Å². The molecule has 6 aromatic rings. The van der Waals surface area contributed by atoms with Crippen LogP contribution in [0.2, 0.25) is 0 Å². The lowest BCUT2D eigenvalue weighted by molar-refractivity contribution is 0.439. The van der Waals surface area contributed by atoms with E-state index in [2.05, 4.69) is 0 Å². The molecule has 8 nitrogen and oxygen atoms in total. The van der Waals surface area contributed by atoms with Crippen molar-refractivity contribution in [2.75, 3.05) is 0 Å². The van der Waals surface area contributed by atoms with Gasteiger partial charge in [0.15, 0.2) is 0 Å². The van der Waals surface area contributed by atoms with E-state index >= 15 is 0 Å². The molecule has 0 aromatic heterocycles. The lowest BCUT2D eigenvalue weighted by Gasteiger charge is -2.16. The van der Waals surface area contributed by atoms with Crippen molar-refractivity contribution in [1.29, 1.82) is 0 Å². The van der Waals surface area contributed by atoms with Crippen molar-refractivity contribution in [3.05, 3.63) is 143 Å². The fourth-order valence-corrected chi connectivity index (χ4v) is 6.58. The van der Waals surface area contributed by atoms with Gasteiger partial charge >= 0.3 is 0 Å². The maximum atomic E-state index is 10.6. The smallest absolute Gasteiger partial charge is 0.131 e. The van der Waals surface area contributed by atoms with Crippen molar-refractivity contribution < 1.29 is 39.4 Å². The number of phenolic OH excluding ortho intramolecular Hbond substituents is 4. The zero-order valence-electron chi connectivity index (χ0n) is 27.1. The first kappa shape index (κ1) is 31.0. The minimum absolute atomic E-state index is 0.0813. The van der Waals surface area contributed by atoms with Crippen LogP contribution in [0, 0.1) is 0 Å². The highest BCUT2D eigenvalue weighted by atomic mass is 16.5. The fourth-order valence-electron chi connectivity index (χ4n) is 6.58. The molecule has 2 aliphatic rings. The molecule has 0 saturated heterocycles. The number of phenols is 4. The van der Waals surface area contributed by atoms with E-state index in [1.807, 2.05) is 48.5 Å². The SMILES string of the molecule is Oc1cc2cc(c1)Oc1cc3cc(c1)Oc1cc(O)cc(c1)CCc1cc(O)cc(c1)Oc1cc(cc(c1)Oc1cc(O)cc(c1)CC2)CC3. The first-order chi connectivity index (χ1) is 24.2. The number of fused-ring (bicyclic) bond motifs is 13. The first-order valence-electron chi connectivity index (χ1n) is 16.5. The van der Waals surface area contributed by atoms with Crippen LogP contribution in [0.25, 0.3) is 0 Å². The normalized spacial score (nSPS) is 13.7. The van der Waals surface area contributed by atoms with E-state index in [0.717, 1.165) is 33.4 Å². The largest absolute Gasteiger partial charge is 0.508 e. The Bertz CT molecular complexity index is 1940. The number of rotatable bonds is 0. The van der Waals surface area contributed by atoms with Crippen molar-refractivity contribution in [2.45, 2.75) is 38.5 Å². The molecule has 8 heteroatoms. The molecule has 0 atom stereocenters. The monoisotopic (exact) mass is 666 g/mol. The number of hydrogen-bond acceptors (Lipinski definition) is 8. The van der Waals surface area contributed by atoms with Gasteiger partial charge < -0.3 is 39.4 Å². The van der Waals surface area contributed by atoms with Crippen LogP contribution in [0.15, 0.2) is 109 Å². The van der Waals surface area contributed by atoms with Crippen molar-refractivity contribution in [2.24, 2.45) is 0 Å². The highest BCUT2D eigenvalue weighted by Crippen LogP contribution is 2.37. The zero-order valence-corrected chi connectivity index (χ0v) is 27.1. The molecule has 6 aromatic carbocycles. The third-order valence-corrected chi connectivity index (χ3v) is 8.73. The molecule has 4 N–H and O–H groups in total. The van der Waals surface area contributed by atoms with Crippen LogP contribution in [0.1, 0.15) is 33.4 Å². The third kappa shape index (κ3) is 7.39. The molecule has 14 bridgehead atoms. The van der Waals surface area contributed by atoms with E-state index in [9.17, 15) is 20.4 Å². The number of hydrogen-bond donors (Lipinski definition) is 4. The second-order valence-corrected chi connectivity index (χ2v) is 12.9. The molecule has 0 spiro atoms. The van der Waals surface area contributed by atoms with Gasteiger partial charge in [-0.1, -0.05) is 0 Å². The molecular weight excluding hydrogens is 632 g/mol. The summed E-state index contributed by atoms with van der Waals surface area (Å²) in [4.78, 5) is 0. The van der Waals surface area contributed by atoms with Gasteiger partial charge in [-0.3, -0.25) is 0 Å². The van der Waals surface area contributed by atoms with Crippen LogP contribution in [-0.2, 0) is 38.5 Å². The van der Waals surface area contributed by atoms with Gasteiger partial charge in [-0.05, 0) is 145 Å². The minimum Gasteiger partial charge on any atom is -0.508 e. The van der Waals surface area contributed by atoms with Crippen LogP contribution in [-0.4, -0.2) is 20.4 Å². The Kier molecular flexibility index (Phi) is 8.04. The van der Waals surface area contributed by atoms with E-state index in [4.69, 9.17) is 18.9 Å². The summed E-state index contributed by atoms with van der Waals surface area (Å²) in [5.74, 6) is 4.34. The molecule has 0 fully saturated rings. The maximum absolute atomic E-state index is 10.6. The van der Waals surface area contributed by atoms with Gasteiger partial charge in [-0.25, -0.2) is 0 Å². The Labute approximate surface area is 289 Å². The summed E-state index contributed by atoms with van der Waals surface area (Å²) in [5.41, 5.74) is 5.31. The number of aromatic hydroxyl groups is 4. The van der Waals surface area contributed by atoms with Gasteiger partial charge in [0.2, 0.25) is 0 Å². The number of ether oxygens (including phenoxy) is 4. The van der Waals surface area contributed by atoms with Crippen molar-refractivity contribution in [3.8, 4) is 69.0 Å². The molecule has 0 saturated carbocycles. The summed E-state index contributed by atoms with van der Waals surface area (Å²) < 4.78 is 25.4. The van der Waals surface area contributed by atoms with Gasteiger partial charge in [-0.15, -0.1) is 0 Å². The lowest BCUT2D eigenvalue weighted by Crippen LogP contribution is -1.99. The molecule has 2 heterocycles. The topological polar surface area (TPSA) is 118 Å². The molecule has 8 rings (SSSR count). The maximum Gasteiger partial charge on any atom is 0.131 e. The Balaban J connectivity index is 1.28. The molecule has 2 aliphatic heterocycles. The Morgan fingerprint density at radius 1 is 0.240 bits per heavy atom. The minimum atomic E-state index is 0.0813. The molecule has 0 amide bonds. The number of aryl methyl sites for hydroxylation is 6. The van der Waals surface area contributed by atoms with Gasteiger partial charge in [0, 0.05) is 36.4 Å². The summed E-state index contributed by atoms with van der Waals surface area (Å²) in [6.45, 7) is 0. The van der Waals surface area contributed by atoms with Gasteiger partial charge in [0.25, 0.3) is 0 Å². The van der Waals surface area contributed by atoms with Crippen molar-refractivity contribution >= 4 is 0 Å². The average molecular weight is 667 g/mol. The van der Waals surface area contributed by atoms with E-state index < -0.39 is 0 Å². The van der Waals surface area contributed by atoms with Crippen molar-refractivity contribution in [3.63, 3.8) is 0 Å². The van der Waals surface area contributed by atoms with Gasteiger partial charge in [-0.2, -0.15) is 0 Å². The third-order valence-electron chi connectivity index (χ3n) is 8.73. The van der Waals surface area contributed by atoms with Crippen LogP contribution >= 0.6 is 0 Å². The molecule has 250 valence electrons. The molecular formula is C42H34O8. The summed E-state index contributed by atoms with van der Waals surface area (Å²) >= 11 is 0. The summed E-state index contributed by atoms with van der Waals surface area (Å²) in [6, 6.07) is 32.0. The Morgan fingerprint density at radius 2 is 0.420 bits per heavy atom. The van der Waals surface area contributed by atoms with Crippen LogP contribution < -0.4 is 18.9 Å². The Morgan fingerprint density at radius 3 is 0.640 bits per heavy atom. The fraction of sp³-hybridized carbons (Fsp3) is 0.143. The summed E-state index contributed by atoms with van der Waals surface area (Å²) in [7, 11) is 0. The van der Waals surface area contributed by atoms with E-state index in [0.29, 0.717) is 84.5 Å². The average Bonchev–Trinajstić information content (AvgIpc) is 3.04. The molecule has 0 radical (unpaired) electrons. The Hall–Kier alpha value is -6.28. The van der Waals surface area contributed by atoms with Crippen LogP contribution in [0.3, 0.4) is 0 Å². The van der Waals surface area contributed by atoms with E-state index in [1.165, 1.54) is 0 Å². The van der Waals surface area contributed by atoms with Gasteiger partial charge in [0.1, 0.15) is 69.0 Å². The highest BCUT2D eigenvalue weighted by Gasteiger charge is 2.14. The predicted molar refractivity (Wildman–Crippen MR) is 188 cm³/mol. The highest BCUT2D eigenvalue weighted by molar-refractivity contribution is 5.50. The van der Waals surface area contributed by atoms with Crippen molar-refractivity contribution in [1.82, 2.24) is 0 Å². The first-order valence-corrected chi connectivity index (χ1v) is 16.5. The van der Waals surface area contributed by atoms with Gasteiger partial charge in [0.05, 0.1) is 0 Å². The second kappa shape index (κ2) is 13.0. The summed E-state index contributed by atoms with van der Waals surface area (Å²) in [6.07, 6.45) is 3.48. The molecule has 0 unspecified atom stereocenters. The lowest BCUT2D eigenvalue weighted by atomic mass is 10.0. The summed E-state index contributed by atoms with van der Waals surface area (Å²) in [5, 5.41) is 42.4. The van der Waals surface area contributed by atoms with Crippen LogP contribution in [0.4, 0.5) is 0 Å². The molecule has 50 heavy (non-hydrogen) atoms. The van der Waals surface area contributed by atoms with E-state index in [-0.39, 0.29) is 23.0 Å². The van der Waals surface area contributed by atoms with Crippen LogP contribution in [0.5, 0.6) is 69.0 Å². The predicted octanol–water partition coefficient (Wildman–Crippen LogP) is 9.66. The number of benzene rings is 6. The standard InChI is InChI=1S/C42H34O8/c43-31-7-25-1-2-26-8-32(44)20-36(12-26)48-40-16-30-6-5-29-15-39(47-35(11-25)19-31)23-41(17-29)49-37-13-27(9-33(45)21-37)3-4-28-10-34(46)22-38(14-28)50-42(18-30)24-40/h7-24,43-46H,1-6H2. The molecule has 0 aliphatic carbocycles. The second-order valence-electron chi connectivity index (χ2n) is 12.9. The quantitative estimate of drug-likeness (QED) is 0.127. The zero-order chi connectivity index (χ0) is 34.2.